The molecule has 0 spiro atoms. The minimum absolute atomic E-state index is 0.321. The highest BCUT2D eigenvalue weighted by Gasteiger charge is 2.83. The highest BCUT2D eigenvalue weighted by molar-refractivity contribution is 5.79. The number of ether oxygens (including phenoxy) is 2. The molecule has 1 aliphatic carbocycles. The molecular weight excluding hydrogens is 383 g/mol. The molecule has 0 saturated heterocycles. The van der Waals surface area contributed by atoms with Crippen LogP contribution in [0.1, 0.15) is 32.4 Å². The Kier molecular flexibility index (Phi) is 5.08. The van der Waals surface area contributed by atoms with Crippen LogP contribution in [-0.4, -0.2) is 12.1 Å². The first kappa shape index (κ1) is 20.7. The van der Waals surface area contributed by atoms with Crippen molar-refractivity contribution >= 4 is 5.97 Å². The van der Waals surface area contributed by atoms with Crippen molar-refractivity contribution in [2.24, 2.45) is 16.7 Å². The minimum atomic E-state index is -4.55. The lowest BCUT2D eigenvalue weighted by molar-refractivity contribution is -0.198. The number of hydrogen-bond acceptors (Lipinski definition) is 4. The number of halogens is 3. The molecular formula is C22H20F3NO3. The molecule has 1 fully saturated rings. The zero-order chi connectivity index (χ0) is 21.4. The predicted molar refractivity (Wildman–Crippen MR) is 98.8 cm³/mol. The average molecular weight is 403 g/mol. The summed E-state index contributed by atoms with van der Waals surface area (Å²) in [5, 5.41) is 9.44. The number of esters is 1. The molecule has 7 heteroatoms. The minimum Gasteiger partial charge on any atom is -0.457 e. The number of hydrogen-bond donors (Lipinski definition) is 0. The van der Waals surface area contributed by atoms with Crippen LogP contribution in [0.15, 0.2) is 54.6 Å². The van der Waals surface area contributed by atoms with Gasteiger partial charge in [0.2, 0.25) is 6.10 Å². The van der Waals surface area contributed by atoms with Gasteiger partial charge in [0.25, 0.3) is 0 Å². The Labute approximate surface area is 166 Å². The Balaban J connectivity index is 1.77. The molecule has 2 aromatic rings. The van der Waals surface area contributed by atoms with Gasteiger partial charge in [0.15, 0.2) is 0 Å². The van der Waals surface area contributed by atoms with E-state index in [-0.39, 0.29) is 0 Å². The maximum atomic E-state index is 13.4. The lowest BCUT2D eigenvalue weighted by Gasteiger charge is -2.18. The van der Waals surface area contributed by atoms with E-state index >= 15 is 0 Å². The first-order valence-corrected chi connectivity index (χ1v) is 9.02. The molecule has 0 radical (unpaired) electrons. The Morgan fingerprint density at radius 1 is 1.07 bits per heavy atom. The van der Waals surface area contributed by atoms with Crippen molar-refractivity contribution in [2.45, 2.75) is 33.1 Å². The Hall–Kier alpha value is -3.01. The molecule has 4 nitrogen and oxygen atoms in total. The summed E-state index contributed by atoms with van der Waals surface area (Å²) in [6.45, 7) is 3.76. The monoisotopic (exact) mass is 403 g/mol. The standard InChI is InChI=1S/C22H20F3NO3/c1-20(2)18(21(20,3)22(23,24)25)19(27)29-17(13-26)14-8-7-11-16(12-14)28-15-9-5-4-6-10-15/h4-12,17-18H,1-3H3. The van der Waals surface area contributed by atoms with E-state index in [4.69, 9.17) is 9.47 Å². The van der Waals surface area contributed by atoms with Crippen LogP contribution in [0.25, 0.3) is 0 Å². The van der Waals surface area contributed by atoms with Crippen LogP contribution in [-0.2, 0) is 9.53 Å². The first-order valence-electron chi connectivity index (χ1n) is 9.02. The summed E-state index contributed by atoms with van der Waals surface area (Å²) in [5.41, 5.74) is -3.17. The van der Waals surface area contributed by atoms with Crippen molar-refractivity contribution in [2.75, 3.05) is 0 Å². The molecule has 0 N–H and O–H groups in total. The van der Waals surface area contributed by atoms with Gasteiger partial charge in [-0.15, -0.1) is 0 Å². The lowest BCUT2D eigenvalue weighted by atomic mass is 9.98. The van der Waals surface area contributed by atoms with Crippen molar-refractivity contribution in [1.29, 1.82) is 5.26 Å². The Morgan fingerprint density at radius 3 is 2.24 bits per heavy atom. The predicted octanol–water partition coefficient (Wildman–Crippen LogP) is 5.81. The Bertz CT molecular complexity index is 950. The third-order valence-electron chi connectivity index (χ3n) is 5.87. The molecule has 0 aliphatic heterocycles. The summed E-state index contributed by atoms with van der Waals surface area (Å²) in [6.07, 6.45) is -5.89. The van der Waals surface area contributed by atoms with Crippen molar-refractivity contribution in [3.05, 3.63) is 60.2 Å². The number of alkyl halides is 3. The summed E-state index contributed by atoms with van der Waals surface area (Å²) in [5.74, 6) is -1.40. The average Bonchev–Trinajstić information content (AvgIpc) is 3.14. The fourth-order valence-electron chi connectivity index (χ4n) is 3.76. The van der Waals surface area contributed by atoms with Gasteiger partial charge in [-0.2, -0.15) is 18.4 Å². The van der Waals surface area contributed by atoms with Gasteiger partial charge < -0.3 is 9.47 Å². The number of benzene rings is 2. The highest BCUT2D eigenvalue weighted by Crippen LogP contribution is 2.75. The van der Waals surface area contributed by atoms with Crippen LogP contribution in [0.3, 0.4) is 0 Å². The fraction of sp³-hybridized carbons (Fsp3) is 0.364. The molecule has 0 amide bonds. The normalized spacial score (nSPS) is 23.6. The third-order valence-corrected chi connectivity index (χ3v) is 5.87. The molecule has 3 rings (SSSR count). The van der Waals surface area contributed by atoms with Gasteiger partial charge in [0.05, 0.1) is 11.3 Å². The van der Waals surface area contributed by atoms with E-state index in [1.807, 2.05) is 12.1 Å². The Morgan fingerprint density at radius 2 is 1.69 bits per heavy atom. The second-order valence-corrected chi connectivity index (χ2v) is 7.79. The summed E-state index contributed by atoms with van der Waals surface area (Å²) in [6, 6.07) is 17.1. The molecule has 1 saturated carbocycles. The molecule has 0 heterocycles. The van der Waals surface area contributed by atoms with E-state index in [0.717, 1.165) is 6.92 Å². The van der Waals surface area contributed by atoms with E-state index in [1.165, 1.54) is 19.9 Å². The summed E-state index contributed by atoms with van der Waals surface area (Å²) >= 11 is 0. The first-order chi connectivity index (χ1) is 13.5. The summed E-state index contributed by atoms with van der Waals surface area (Å²) in [7, 11) is 0. The topological polar surface area (TPSA) is 59.3 Å². The van der Waals surface area contributed by atoms with Crippen LogP contribution in [0.5, 0.6) is 11.5 Å². The smallest absolute Gasteiger partial charge is 0.395 e. The molecule has 3 atom stereocenters. The van der Waals surface area contributed by atoms with Crippen LogP contribution in [0.4, 0.5) is 13.2 Å². The van der Waals surface area contributed by atoms with E-state index in [0.29, 0.717) is 17.1 Å². The summed E-state index contributed by atoms with van der Waals surface area (Å²) in [4.78, 5) is 12.5. The maximum Gasteiger partial charge on any atom is 0.395 e. The molecule has 2 aromatic carbocycles. The van der Waals surface area contributed by atoms with Gasteiger partial charge in [0.1, 0.15) is 17.6 Å². The van der Waals surface area contributed by atoms with Crippen LogP contribution in [0.2, 0.25) is 0 Å². The molecule has 0 bridgehead atoms. The zero-order valence-electron chi connectivity index (χ0n) is 16.2. The lowest BCUT2D eigenvalue weighted by Crippen LogP contribution is -2.28. The SMILES string of the molecule is CC1(C)C(C(=O)OC(C#N)c2cccc(Oc3ccccc3)c2)C1(C)C(F)(F)F. The van der Waals surface area contributed by atoms with Crippen molar-refractivity contribution < 1.29 is 27.4 Å². The van der Waals surface area contributed by atoms with Crippen LogP contribution >= 0.6 is 0 Å². The van der Waals surface area contributed by atoms with E-state index < -0.39 is 35.0 Å². The van der Waals surface area contributed by atoms with Crippen LogP contribution in [0, 0.1) is 28.1 Å². The number of para-hydroxylation sites is 1. The molecule has 1 aliphatic rings. The van der Waals surface area contributed by atoms with Gasteiger partial charge >= 0.3 is 12.1 Å². The largest absolute Gasteiger partial charge is 0.457 e. The number of nitriles is 1. The number of nitrogens with zero attached hydrogens (tertiary/aromatic N) is 1. The van der Waals surface area contributed by atoms with Gasteiger partial charge in [0, 0.05) is 5.56 Å². The molecule has 0 aromatic heterocycles. The third kappa shape index (κ3) is 3.55. The quantitative estimate of drug-likeness (QED) is 0.591. The number of carbonyl (C=O) groups is 1. The van der Waals surface area contributed by atoms with E-state index in [1.54, 1.807) is 42.5 Å². The van der Waals surface area contributed by atoms with Crippen molar-refractivity contribution in [3.63, 3.8) is 0 Å². The molecule has 3 unspecified atom stereocenters. The molecule has 29 heavy (non-hydrogen) atoms. The van der Waals surface area contributed by atoms with E-state index in [2.05, 4.69) is 0 Å². The fourth-order valence-corrected chi connectivity index (χ4v) is 3.76. The van der Waals surface area contributed by atoms with Gasteiger partial charge in [-0.25, -0.2) is 0 Å². The van der Waals surface area contributed by atoms with Gasteiger partial charge in [-0.3, -0.25) is 4.79 Å². The van der Waals surface area contributed by atoms with Crippen molar-refractivity contribution in [1.82, 2.24) is 0 Å². The van der Waals surface area contributed by atoms with Gasteiger partial charge in [-0.05, 0) is 36.6 Å². The highest BCUT2D eigenvalue weighted by atomic mass is 19.4. The maximum absolute atomic E-state index is 13.4. The second-order valence-electron chi connectivity index (χ2n) is 7.79. The summed E-state index contributed by atoms with van der Waals surface area (Å²) < 4.78 is 51.2. The number of rotatable bonds is 5. The van der Waals surface area contributed by atoms with E-state index in [9.17, 15) is 23.2 Å². The molecule has 152 valence electrons. The van der Waals surface area contributed by atoms with Gasteiger partial charge in [-0.1, -0.05) is 44.2 Å². The van der Waals surface area contributed by atoms with Crippen molar-refractivity contribution in [3.8, 4) is 17.6 Å². The number of carbonyl (C=O) groups excluding carboxylic acids is 1. The van der Waals surface area contributed by atoms with Crippen LogP contribution < -0.4 is 4.74 Å². The second kappa shape index (κ2) is 7.11. The zero-order valence-corrected chi connectivity index (χ0v) is 16.2.